The number of hydrogen-bond donors (Lipinski definition) is 1. The van der Waals surface area contributed by atoms with E-state index in [4.69, 9.17) is 0 Å². The molecular weight excluding hydrogens is 401 g/mol. The zero-order valence-electron chi connectivity index (χ0n) is 14.8. The Morgan fingerprint density at radius 3 is 2.43 bits per heavy atom. The first-order chi connectivity index (χ1) is 13.5. The second-order valence-electron chi connectivity index (χ2n) is 5.70. The first-order valence-electron chi connectivity index (χ1n) is 8.21. The van der Waals surface area contributed by atoms with Gasteiger partial charge in [-0.05, 0) is 35.4 Å². The SMILES string of the molecule is COC(=O)c1ccc(CSc2nnc(NC(=O)Cc3ccc(F)cc3)s2)cc1. The minimum absolute atomic E-state index is 0.134. The van der Waals surface area contributed by atoms with Gasteiger partial charge in [-0.15, -0.1) is 10.2 Å². The van der Waals surface area contributed by atoms with Crippen molar-refractivity contribution in [1.29, 1.82) is 0 Å². The van der Waals surface area contributed by atoms with E-state index in [2.05, 4.69) is 20.3 Å². The molecule has 9 heteroatoms. The van der Waals surface area contributed by atoms with Crippen LogP contribution in [-0.2, 0) is 21.7 Å². The lowest BCUT2D eigenvalue weighted by molar-refractivity contribution is -0.115. The Labute approximate surface area is 169 Å². The number of amides is 1. The number of methoxy groups -OCH3 is 1. The van der Waals surface area contributed by atoms with E-state index in [1.165, 1.54) is 42.3 Å². The highest BCUT2D eigenvalue weighted by Crippen LogP contribution is 2.28. The highest BCUT2D eigenvalue weighted by molar-refractivity contribution is 8.00. The van der Waals surface area contributed by atoms with E-state index in [0.717, 1.165) is 5.56 Å². The van der Waals surface area contributed by atoms with Crippen molar-refractivity contribution in [2.75, 3.05) is 12.4 Å². The van der Waals surface area contributed by atoms with Gasteiger partial charge in [-0.1, -0.05) is 47.4 Å². The summed E-state index contributed by atoms with van der Waals surface area (Å²) in [6, 6.07) is 12.9. The number of ether oxygens (including phenoxy) is 1. The Kier molecular flexibility index (Phi) is 6.72. The van der Waals surface area contributed by atoms with Gasteiger partial charge in [0.25, 0.3) is 0 Å². The van der Waals surface area contributed by atoms with Crippen molar-refractivity contribution in [3.05, 3.63) is 71.0 Å². The van der Waals surface area contributed by atoms with Crippen LogP contribution in [0.4, 0.5) is 9.52 Å². The average molecular weight is 417 g/mol. The number of nitrogens with one attached hydrogen (secondary N) is 1. The Morgan fingerprint density at radius 1 is 1.07 bits per heavy atom. The van der Waals surface area contributed by atoms with Gasteiger partial charge in [0, 0.05) is 5.75 Å². The predicted octanol–water partition coefficient (Wildman–Crippen LogP) is 3.94. The third-order valence-electron chi connectivity index (χ3n) is 3.67. The van der Waals surface area contributed by atoms with Crippen LogP contribution in [-0.4, -0.2) is 29.2 Å². The van der Waals surface area contributed by atoms with E-state index in [1.54, 1.807) is 24.3 Å². The van der Waals surface area contributed by atoms with E-state index in [1.807, 2.05) is 12.1 Å². The predicted molar refractivity (Wildman–Crippen MR) is 106 cm³/mol. The van der Waals surface area contributed by atoms with Crippen LogP contribution in [0.3, 0.4) is 0 Å². The maximum atomic E-state index is 12.9. The van der Waals surface area contributed by atoms with Crippen molar-refractivity contribution in [2.24, 2.45) is 0 Å². The van der Waals surface area contributed by atoms with Gasteiger partial charge in [0.05, 0.1) is 19.1 Å². The lowest BCUT2D eigenvalue weighted by atomic mass is 10.1. The van der Waals surface area contributed by atoms with E-state index < -0.39 is 0 Å². The summed E-state index contributed by atoms with van der Waals surface area (Å²) in [5.41, 5.74) is 2.24. The molecule has 0 spiro atoms. The van der Waals surface area contributed by atoms with Crippen LogP contribution < -0.4 is 5.32 Å². The van der Waals surface area contributed by atoms with Gasteiger partial charge < -0.3 is 10.1 Å². The van der Waals surface area contributed by atoms with Crippen molar-refractivity contribution in [2.45, 2.75) is 16.5 Å². The summed E-state index contributed by atoms with van der Waals surface area (Å²) < 4.78 is 18.3. The minimum atomic E-state index is -0.371. The summed E-state index contributed by atoms with van der Waals surface area (Å²) in [7, 11) is 1.34. The fraction of sp³-hybridized carbons (Fsp3) is 0.158. The number of halogens is 1. The number of esters is 1. The molecule has 0 radical (unpaired) electrons. The summed E-state index contributed by atoms with van der Waals surface area (Å²) in [4.78, 5) is 23.5. The molecule has 6 nitrogen and oxygen atoms in total. The lowest BCUT2D eigenvalue weighted by Gasteiger charge is -2.02. The molecule has 1 amide bonds. The molecule has 0 saturated carbocycles. The summed E-state index contributed by atoms with van der Waals surface area (Å²) in [5.74, 6) is -0.295. The molecule has 28 heavy (non-hydrogen) atoms. The largest absolute Gasteiger partial charge is 0.465 e. The van der Waals surface area contributed by atoms with E-state index in [9.17, 15) is 14.0 Å². The first-order valence-corrected chi connectivity index (χ1v) is 10.0. The van der Waals surface area contributed by atoms with Crippen molar-refractivity contribution < 1.29 is 18.7 Å². The monoisotopic (exact) mass is 417 g/mol. The number of hydrogen-bond acceptors (Lipinski definition) is 7. The number of rotatable bonds is 7. The van der Waals surface area contributed by atoms with Gasteiger partial charge in [0.2, 0.25) is 11.0 Å². The Morgan fingerprint density at radius 2 is 1.75 bits per heavy atom. The quantitative estimate of drug-likeness (QED) is 0.356. The molecule has 0 bridgehead atoms. The Bertz CT molecular complexity index is 959. The molecule has 3 rings (SSSR count). The second-order valence-corrected chi connectivity index (χ2v) is 7.90. The summed E-state index contributed by atoms with van der Waals surface area (Å²) >= 11 is 2.76. The normalized spacial score (nSPS) is 10.5. The maximum Gasteiger partial charge on any atom is 0.337 e. The van der Waals surface area contributed by atoms with Gasteiger partial charge in [0.1, 0.15) is 5.82 Å². The number of thioether (sulfide) groups is 1. The molecule has 0 aliphatic carbocycles. The molecule has 1 N–H and O–H groups in total. The van der Waals surface area contributed by atoms with E-state index in [0.29, 0.717) is 26.4 Å². The lowest BCUT2D eigenvalue weighted by Crippen LogP contribution is -2.14. The smallest absolute Gasteiger partial charge is 0.337 e. The molecular formula is C19H16FN3O3S2. The topological polar surface area (TPSA) is 81.2 Å². The molecule has 0 saturated heterocycles. The molecule has 1 heterocycles. The molecule has 0 aliphatic heterocycles. The first kappa shape index (κ1) is 20.0. The number of carbonyl (C=O) groups is 2. The molecule has 1 aromatic heterocycles. The number of nitrogens with zero attached hydrogens (tertiary/aromatic N) is 2. The van der Waals surface area contributed by atoms with Crippen LogP contribution in [0.2, 0.25) is 0 Å². The van der Waals surface area contributed by atoms with Crippen LogP contribution in [0.25, 0.3) is 0 Å². The summed E-state index contributed by atoms with van der Waals surface area (Å²) in [6.07, 6.45) is 0.134. The fourth-order valence-corrected chi connectivity index (χ4v) is 3.99. The third-order valence-corrected chi connectivity index (χ3v) is 5.71. The van der Waals surface area contributed by atoms with E-state index in [-0.39, 0.29) is 24.1 Å². The van der Waals surface area contributed by atoms with Gasteiger partial charge in [-0.2, -0.15) is 0 Å². The zero-order valence-corrected chi connectivity index (χ0v) is 16.5. The molecule has 0 unspecified atom stereocenters. The maximum absolute atomic E-state index is 12.9. The van der Waals surface area contributed by atoms with Crippen molar-refractivity contribution >= 4 is 40.1 Å². The molecule has 0 aliphatic rings. The van der Waals surface area contributed by atoms with Crippen LogP contribution in [0.5, 0.6) is 0 Å². The molecule has 144 valence electrons. The molecule has 3 aromatic rings. The van der Waals surface area contributed by atoms with Crippen LogP contribution in [0, 0.1) is 5.82 Å². The fourth-order valence-electron chi connectivity index (χ4n) is 2.27. The van der Waals surface area contributed by atoms with Gasteiger partial charge in [-0.25, -0.2) is 9.18 Å². The summed E-state index contributed by atoms with van der Waals surface area (Å²) in [6.45, 7) is 0. The third kappa shape index (κ3) is 5.61. The van der Waals surface area contributed by atoms with Gasteiger partial charge in [0.15, 0.2) is 4.34 Å². The minimum Gasteiger partial charge on any atom is -0.465 e. The van der Waals surface area contributed by atoms with Crippen LogP contribution >= 0.6 is 23.1 Å². The van der Waals surface area contributed by atoms with Gasteiger partial charge >= 0.3 is 5.97 Å². The van der Waals surface area contributed by atoms with Gasteiger partial charge in [-0.3, -0.25) is 4.79 Å². The molecule has 0 fully saturated rings. The van der Waals surface area contributed by atoms with Crippen LogP contribution in [0.15, 0.2) is 52.9 Å². The number of aromatic nitrogens is 2. The number of benzene rings is 2. The second kappa shape index (κ2) is 9.43. The van der Waals surface area contributed by atoms with E-state index >= 15 is 0 Å². The Hall–Kier alpha value is -2.78. The van der Waals surface area contributed by atoms with Crippen molar-refractivity contribution in [3.8, 4) is 0 Å². The highest BCUT2D eigenvalue weighted by Gasteiger charge is 2.10. The number of anilines is 1. The van der Waals surface area contributed by atoms with Crippen LogP contribution in [0.1, 0.15) is 21.5 Å². The average Bonchev–Trinajstić information content (AvgIpc) is 3.15. The standard InChI is InChI=1S/C19H16FN3O3S2/c1-26-17(25)14-6-2-13(3-7-14)11-27-19-23-22-18(28-19)21-16(24)10-12-4-8-15(20)9-5-12/h2-9H,10-11H2,1H3,(H,21,22,24). The molecule has 2 aromatic carbocycles. The molecule has 0 atom stereocenters. The zero-order chi connectivity index (χ0) is 19.9. The highest BCUT2D eigenvalue weighted by atomic mass is 32.2. The van der Waals surface area contributed by atoms with Crippen molar-refractivity contribution in [1.82, 2.24) is 10.2 Å². The Balaban J connectivity index is 1.50. The van der Waals surface area contributed by atoms with Crippen molar-refractivity contribution in [3.63, 3.8) is 0 Å². The number of carbonyl (C=O) groups excluding carboxylic acids is 2. The summed E-state index contributed by atoms with van der Waals surface area (Å²) in [5, 5.41) is 11.1.